The molecule has 2 amide bonds. The molecule has 0 bridgehead atoms. The van der Waals surface area contributed by atoms with E-state index in [0.29, 0.717) is 16.1 Å². The molecule has 1 aliphatic rings. The minimum absolute atomic E-state index is 0.128. The van der Waals surface area contributed by atoms with E-state index < -0.39 is 0 Å². The van der Waals surface area contributed by atoms with Crippen LogP contribution in [0.5, 0.6) is 0 Å². The van der Waals surface area contributed by atoms with Crippen LogP contribution in [0.2, 0.25) is 0 Å². The van der Waals surface area contributed by atoms with Gasteiger partial charge in [-0.3, -0.25) is 9.59 Å². The van der Waals surface area contributed by atoms with Crippen molar-refractivity contribution in [2.24, 2.45) is 0 Å². The number of fused-ring (bicyclic) bond motifs is 1. The summed E-state index contributed by atoms with van der Waals surface area (Å²) in [7, 11) is 1.62. The predicted molar refractivity (Wildman–Crippen MR) is 108 cm³/mol. The lowest BCUT2D eigenvalue weighted by atomic mass is 10.1. The van der Waals surface area contributed by atoms with Gasteiger partial charge in [0.1, 0.15) is 5.00 Å². The topological polar surface area (TPSA) is 61.4 Å². The van der Waals surface area contributed by atoms with Gasteiger partial charge < -0.3 is 15.5 Å². The van der Waals surface area contributed by atoms with E-state index in [1.54, 1.807) is 7.05 Å². The number of nitrogens with one attached hydrogen (secondary N) is 2. The number of benzene rings is 1. The number of carbonyl (C=O) groups excluding carboxylic acids is 2. The van der Waals surface area contributed by atoms with Crippen LogP contribution in [0.1, 0.15) is 51.4 Å². The first-order valence-electron chi connectivity index (χ1n) is 9.12. The molecule has 2 aromatic rings. The highest BCUT2D eigenvalue weighted by molar-refractivity contribution is 7.17. The number of thiophene rings is 1. The van der Waals surface area contributed by atoms with Crippen LogP contribution in [0.4, 0.5) is 10.7 Å². The smallest absolute Gasteiger partial charge is 0.256 e. The Balaban J connectivity index is 1.81. The largest absolute Gasteiger partial charge is 0.372 e. The highest BCUT2D eigenvalue weighted by Crippen LogP contribution is 2.39. The van der Waals surface area contributed by atoms with Crippen molar-refractivity contribution in [1.82, 2.24) is 5.32 Å². The third-order valence-corrected chi connectivity index (χ3v) is 6.07. The molecule has 6 heteroatoms. The first kappa shape index (κ1) is 18.5. The van der Waals surface area contributed by atoms with E-state index >= 15 is 0 Å². The summed E-state index contributed by atoms with van der Waals surface area (Å²) in [6.07, 6.45) is 2.97. The van der Waals surface area contributed by atoms with Crippen molar-refractivity contribution in [2.45, 2.75) is 33.1 Å². The van der Waals surface area contributed by atoms with Gasteiger partial charge in [-0.15, -0.1) is 11.3 Å². The second-order valence-electron chi connectivity index (χ2n) is 6.31. The van der Waals surface area contributed by atoms with Crippen molar-refractivity contribution in [3.63, 3.8) is 0 Å². The molecule has 2 N–H and O–H groups in total. The molecule has 1 aliphatic carbocycles. The molecule has 1 aromatic heterocycles. The van der Waals surface area contributed by atoms with E-state index in [1.807, 2.05) is 24.3 Å². The number of hydrogen-bond donors (Lipinski definition) is 2. The maximum atomic E-state index is 12.7. The van der Waals surface area contributed by atoms with Crippen LogP contribution in [0.15, 0.2) is 24.3 Å². The van der Waals surface area contributed by atoms with Gasteiger partial charge in [0.05, 0.1) is 5.56 Å². The molecule has 0 aliphatic heterocycles. The fraction of sp³-hybridized carbons (Fsp3) is 0.400. The summed E-state index contributed by atoms with van der Waals surface area (Å²) < 4.78 is 0. The van der Waals surface area contributed by atoms with E-state index in [0.717, 1.165) is 43.6 Å². The standard InChI is InChI=1S/C20H25N3O2S/c1-4-23(5-2)14-11-9-13(10-12-14)18(24)22-20-17(19(25)21-3)15-7-6-8-16(15)26-20/h9-12H,4-8H2,1-3H3,(H,21,25)(H,22,24). The third kappa shape index (κ3) is 3.46. The van der Waals surface area contributed by atoms with Gasteiger partial charge in [0.25, 0.3) is 11.8 Å². The van der Waals surface area contributed by atoms with Gasteiger partial charge in [0.15, 0.2) is 0 Å². The van der Waals surface area contributed by atoms with E-state index in [2.05, 4.69) is 29.4 Å². The number of amides is 2. The van der Waals surface area contributed by atoms with Crippen molar-refractivity contribution in [3.8, 4) is 0 Å². The predicted octanol–water partition coefficient (Wildman–Crippen LogP) is 3.69. The fourth-order valence-corrected chi connectivity index (χ4v) is 4.73. The molecule has 0 saturated heterocycles. The number of nitrogens with zero attached hydrogens (tertiary/aromatic N) is 1. The zero-order chi connectivity index (χ0) is 18.7. The minimum atomic E-state index is -0.179. The summed E-state index contributed by atoms with van der Waals surface area (Å²) in [5, 5.41) is 6.31. The molecular weight excluding hydrogens is 346 g/mol. The molecule has 0 spiro atoms. The maximum absolute atomic E-state index is 12.7. The van der Waals surface area contributed by atoms with Gasteiger partial charge in [0, 0.05) is 36.3 Å². The van der Waals surface area contributed by atoms with Crippen molar-refractivity contribution < 1.29 is 9.59 Å². The van der Waals surface area contributed by atoms with E-state index in [-0.39, 0.29) is 11.8 Å². The summed E-state index contributed by atoms with van der Waals surface area (Å²) in [5.41, 5.74) is 3.43. The zero-order valence-corrected chi connectivity index (χ0v) is 16.3. The summed E-state index contributed by atoms with van der Waals surface area (Å²) in [5.74, 6) is -0.308. The van der Waals surface area contributed by atoms with E-state index in [4.69, 9.17) is 0 Å². The Morgan fingerprint density at radius 2 is 1.77 bits per heavy atom. The van der Waals surface area contributed by atoms with Crippen LogP contribution >= 0.6 is 11.3 Å². The van der Waals surface area contributed by atoms with Gasteiger partial charge in [-0.05, 0) is 62.9 Å². The average molecular weight is 372 g/mol. The normalized spacial score (nSPS) is 12.6. The maximum Gasteiger partial charge on any atom is 0.256 e. The van der Waals surface area contributed by atoms with Gasteiger partial charge >= 0.3 is 0 Å². The first-order valence-corrected chi connectivity index (χ1v) is 9.93. The number of rotatable bonds is 6. The summed E-state index contributed by atoms with van der Waals surface area (Å²) in [6.45, 7) is 6.08. The Morgan fingerprint density at radius 3 is 2.38 bits per heavy atom. The lowest BCUT2D eigenvalue weighted by Gasteiger charge is -2.21. The van der Waals surface area contributed by atoms with Crippen molar-refractivity contribution in [2.75, 3.05) is 30.4 Å². The highest BCUT2D eigenvalue weighted by atomic mass is 32.1. The molecule has 1 heterocycles. The quantitative estimate of drug-likeness (QED) is 0.814. The molecule has 0 radical (unpaired) electrons. The Morgan fingerprint density at radius 1 is 1.08 bits per heavy atom. The third-order valence-electron chi connectivity index (χ3n) is 4.86. The van der Waals surface area contributed by atoms with Crippen LogP contribution in [-0.2, 0) is 12.8 Å². The number of carbonyl (C=O) groups is 2. The molecule has 0 fully saturated rings. The zero-order valence-electron chi connectivity index (χ0n) is 15.5. The Labute approximate surface area is 158 Å². The molecule has 0 atom stereocenters. The van der Waals surface area contributed by atoms with Gasteiger partial charge in [0.2, 0.25) is 0 Å². The molecule has 26 heavy (non-hydrogen) atoms. The Kier molecular flexibility index (Phi) is 5.61. The lowest BCUT2D eigenvalue weighted by molar-refractivity contribution is 0.0963. The number of hydrogen-bond acceptors (Lipinski definition) is 4. The van der Waals surface area contributed by atoms with Crippen LogP contribution < -0.4 is 15.5 Å². The molecule has 0 saturated carbocycles. The second kappa shape index (κ2) is 7.91. The van der Waals surface area contributed by atoms with Crippen LogP contribution in [0.25, 0.3) is 0 Å². The average Bonchev–Trinajstić information content (AvgIpc) is 3.23. The molecule has 5 nitrogen and oxygen atoms in total. The summed E-state index contributed by atoms with van der Waals surface area (Å²) in [4.78, 5) is 28.4. The van der Waals surface area contributed by atoms with Crippen molar-refractivity contribution in [3.05, 3.63) is 45.8 Å². The van der Waals surface area contributed by atoms with Crippen LogP contribution in [0.3, 0.4) is 0 Å². The lowest BCUT2D eigenvalue weighted by Crippen LogP contribution is -2.22. The molecule has 1 aromatic carbocycles. The van der Waals surface area contributed by atoms with Crippen molar-refractivity contribution in [1.29, 1.82) is 0 Å². The summed E-state index contributed by atoms with van der Waals surface area (Å²) in [6, 6.07) is 7.61. The van der Waals surface area contributed by atoms with Crippen LogP contribution in [-0.4, -0.2) is 32.0 Å². The molecule has 0 unspecified atom stereocenters. The second-order valence-corrected chi connectivity index (χ2v) is 7.42. The monoisotopic (exact) mass is 371 g/mol. The Bertz CT molecular complexity index is 807. The van der Waals surface area contributed by atoms with Crippen molar-refractivity contribution >= 4 is 33.8 Å². The van der Waals surface area contributed by atoms with E-state index in [1.165, 1.54) is 16.2 Å². The molecular formula is C20H25N3O2S. The van der Waals surface area contributed by atoms with Crippen LogP contribution in [0, 0.1) is 0 Å². The summed E-state index contributed by atoms with van der Waals surface area (Å²) >= 11 is 1.53. The number of anilines is 2. The minimum Gasteiger partial charge on any atom is -0.372 e. The first-order chi connectivity index (χ1) is 12.6. The van der Waals surface area contributed by atoms with Gasteiger partial charge in [-0.25, -0.2) is 0 Å². The SMILES string of the molecule is CCN(CC)c1ccc(C(=O)Nc2sc3c(c2C(=O)NC)CCC3)cc1. The van der Waals surface area contributed by atoms with Gasteiger partial charge in [-0.2, -0.15) is 0 Å². The Hall–Kier alpha value is -2.34. The fourth-order valence-electron chi connectivity index (χ4n) is 3.45. The molecule has 3 rings (SSSR count). The molecule has 138 valence electrons. The van der Waals surface area contributed by atoms with Gasteiger partial charge in [-0.1, -0.05) is 0 Å². The highest BCUT2D eigenvalue weighted by Gasteiger charge is 2.27. The number of aryl methyl sites for hydroxylation is 1. The van der Waals surface area contributed by atoms with E-state index in [9.17, 15) is 9.59 Å².